The lowest BCUT2D eigenvalue weighted by molar-refractivity contribution is -0.119. The van der Waals surface area contributed by atoms with Gasteiger partial charge in [0.05, 0.1) is 19.8 Å². The van der Waals surface area contributed by atoms with Crippen LogP contribution in [0.2, 0.25) is 0 Å². The minimum atomic E-state index is -0.717. The van der Waals surface area contributed by atoms with Crippen LogP contribution in [0, 0.1) is 0 Å². The molecule has 124 valence electrons. The number of nitrogens with zero attached hydrogens (tertiary/aromatic N) is 1. The molecule has 0 aliphatic carbocycles. The molecule has 0 spiro atoms. The van der Waals surface area contributed by atoms with E-state index >= 15 is 0 Å². The first-order valence-electron chi connectivity index (χ1n) is 7.50. The largest absolute Gasteiger partial charge is 0.493 e. The van der Waals surface area contributed by atoms with Crippen LogP contribution in [0.4, 0.5) is 5.69 Å². The van der Waals surface area contributed by atoms with Crippen molar-refractivity contribution in [1.82, 2.24) is 0 Å². The molecule has 6 heteroatoms. The molecule has 0 unspecified atom stereocenters. The molecule has 2 amide bonds. The molecule has 0 bridgehead atoms. The van der Waals surface area contributed by atoms with Gasteiger partial charge in [0.1, 0.15) is 6.04 Å². The van der Waals surface area contributed by atoms with E-state index in [-0.39, 0.29) is 5.91 Å². The molecule has 24 heavy (non-hydrogen) atoms. The smallest absolute Gasteiger partial charge is 0.262 e. The van der Waals surface area contributed by atoms with Crippen molar-refractivity contribution in [3.63, 3.8) is 0 Å². The number of hydrogen-bond acceptors (Lipinski definition) is 4. The van der Waals surface area contributed by atoms with Crippen molar-refractivity contribution in [1.29, 1.82) is 0 Å². The number of para-hydroxylation sites is 2. The lowest BCUT2D eigenvalue weighted by atomic mass is 10.1. The van der Waals surface area contributed by atoms with Crippen LogP contribution < -0.4 is 20.1 Å². The van der Waals surface area contributed by atoms with Crippen molar-refractivity contribution in [2.45, 2.75) is 12.5 Å². The molecular weight excluding hydrogens is 308 g/mol. The Morgan fingerprint density at radius 3 is 2.50 bits per heavy atom. The fraction of sp³-hybridized carbons (Fsp3) is 0.222. The van der Waals surface area contributed by atoms with Gasteiger partial charge in [0, 0.05) is 12.1 Å². The Morgan fingerprint density at radius 2 is 1.83 bits per heavy atom. The Bertz CT molecular complexity index is 803. The average molecular weight is 326 g/mol. The predicted octanol–water partition coefficient (Wildman–Crippen LogP) is 1.76. The van der Waals surface area contributed by atoms with Crippen LogP contribution in [-0.4, -0.2) is 32.1 Å². The number of hydrogen-bond donors (Lipinski definition) is 1. The average Bonchev–Trinajstić information content (AvgIpc) is 3.00. The summed E-state index contributed by atoms with van der Waals surface area (Å²) in [4.78, 5) is 26.5. The summed E-state index contributed by atoms with van der Waals surface area (Å²) < 4.78 is 10.6. The normalized spacial score (nSPS) is 15.8. The molecule has 2 N–H and O–H groups in total. The monoisotopic (exact) mass is 326 g/mol. The number of carbonyl (C=O) groups excluding carboxylic acids is 2. The fourth-order valence-electron chi connectivity index (χ4n) is 3.05. The Kier molecular flexibility index (Phi) is 4.12. The first kappa shape index (κ1) is 15.9. The third kappa shape index (κ3) is 2.46. The highest BCUT2D eigenvalue weighted by molar-refractivity contribution is 6.13. The number of carbonyl (C=O) groups is 2. The number of anilines is 1. The molecule has 2 aromatic rings. The van der Waals surface area contributed by atoms with Crippen molar-refractivity contribution in [3.8, 4) is 11.5 Å². The van der Waals surface area contributed by atoms with Gasteiger partial charge in [-0.25, -0.2) is 0 Å². The number of primary amides is 1. The molecule has 0 fully saturated rings. The van der Waals surface area contributed by atoms with Crippen molar-refractivity contribution in [3.05, 3.63) is 53.6 Å². The maximum absolute atomic E-state index is 13.2. The summed E-state index contributed by atoms with van der Waals surface area (Å²) in [6, 6.07) is 11.7. The van der Waals surface area contributed by atoms with Gasteiger partial charge in [0.25, 0.3) is 5.91 Å². The minimum Gasteiger partial charge on any atom is -0.493 e. The van der Waals surface area contributed by atoms with E-state index in [1.807, 2.05) is 24.3 Å². The van der Waals surface area contributed by atoms with E-state index in [2.05, 4.69) is 0 Å². The molecule has 6 nitrogen and oxygen atoms in total. The van der Waals surface area contributed by atoms with E-state index in [1.54, 1.807) is 18.2 Å². The molecule has 1 atom stereocenters. The number of benzene rings is 2. The molecule has 0 radical (unpaired) electrons. The maximum atomic E-state index is 13.2. The molecule has 2 aromatic carbocycles. The summed E-state index contributed by atoms with van der Waals surface area (Å²) in [5.74, 6) is -0.107. The van der Waals surface area contributed by atoms with E-state index in [0.717, 1.165) is 5.56 Å². The van der Waals surface area contributed by atoms with Gasteiger partial charge in [-0.05, 0) is 23.8 Å². The number of methoxy groups -OCH3 is 2. The summed E-state index contributed by atoms with van der Waals surface area (Å²) in [6.45, 7) is 0. The summed E-state index contributed by atoms with van der Waals surface area (Å²) in [5.41, 5.74) is 7.44. The highest BCUT2D eigenvalue weighted by Gasteiger charge is 2.38. The Hall–Kier alpha value is -3.02. The summed E-state index contributed by atoms with van der Waals surface area (Å²) in [5, 5.41) is 0. The standard InChI is InChI=1S/C18H18N2O4/c1-23-15-9-5-7-12(16(15)24-2)18(22)20-13-8-4-3-6-11(13)10-14(20)17(19)21/h3-9,14H,10H2,1-2H3,(H2,19,21)/t14-/m1/s1. The third-order valence-corrected chi connectivity index (χ3v) is 4.16. The SMILES string of the molecule is COc1cccc(C(=O)N2c3ccccc3C[C@@H]2C(N)=O)c1OC. The van der Waals surface area contributed by atoms with Crippen LogP contribution in [0.25, 0.3) is 0 Å². The second kappa shape index (κ2) is 6.23. The van der Waals surface area contributed by atoms with Crippen molar-refractivity contribution in [2.75, 3.05) is 19.1 Å². The first-order chi connectivity index (χ1) is 11.6. The second-order valence-corrected chi connectivity index (χ2v) is 5.47. The number of rotatable bonds is 4. The van der Waals surface area contributed by atoms with Crippen LogP contribution >= 0.6 is 0 Å². The molecule has 0 saturated carbocycles. The first-order valence-corrected chi connectivity index (χ1v) is 7.50. The zero-order chi connectivity index (χ0) is 17.3. The van der Waals surface area contributed by atoms with Gasteiger partial charge in [-0.15, -0.1) is 0 Å². The molecule has 0 saturated heterocycles. The van der Waals surface area contributed by atoms with Gasteiger partial charge in [0.2, 0.25) is 5.91 Å². The fourth-order valence-corrected chi connectivity index (χ4v) is 3.05. The quantitative estimate of drug-likeness (QED) is 0.928. The second-order valence-electron chi connectivity index (χ2n) is 5.47. The lowest BCUT2D eigenvalue weighted by Crippen LogP contribution is -2.46. The number of ether oxygens (including phenoxy) is 2. The van der Waals surface area contributed by atoms with Crippen LogP contribution in [0.1, 0.15) is 15.9 Å². The van der Waals surface area contributed by atoms with Crippen molar-refractivity contribution in [2.24, 2.45) is 5.73 Å². The van der Waals surface area contributed by atoms with Gasteiger partial charge in [-0.2, -0.15) is 0 Å². The predicted molar refractivity (Wildman–Crippen MR) is 89.5 cm³/mol. The van der Waals surface area contributed by atoms with E-state index in [1.165, 1.54) is 19.1 Å². The van der Waals surface area contributed by atoms with E-state index in [4.69, 9.17) is 15.2 Å². The number of amides is 2. The van der Waals surface area contributed by atoms with Gasteiger partial charge in [-0.3, -0.25) is 14.5 Å². The molecule has 1 heterocycles. The molecule has 1 aliphatic heterocycles. The van der Waals surface area contributed by atoms with E-state index in [9.17, 15) is 9.59 Å². The Morgan fingerprint density at radius 1 is 1.08 bits per heavy atom. The van der Waals surface area contributed by atoms with Crippen molar-refractivity contribution >= 4 is 17.5 Å². The highest BCUT2D eigenvalue weighted by Crippen LogP contribution is 2.37. The topological polar surface area (TPSA) is 81.9 Å². The summed E-state index contributed by atoms with van der Waals surface area (Å²) in [7, 11) is 2.97. The molecule has 0 aromatic heterocycles. The van der Waals surface area contributed by atoms with Crippen LogP contribution in [-0.2, 0) is 11.2 Å². The number of fused-ring (bicyclic) bond motifs is 1. The van der Waals surface area contributed by atoms with Crippen LogP contribution in [0.15, 0.2) is 42.5 Å². The number of nitrogens with two attached hydrogens (primary N) is 1. The summed E-state index contributed by atoms with van der Waals surface area (Å²) in [6.07, 6.45) is 0.406. The van der Waals surface area contributed by atoms with Crippen LogP contribution in [0.5, 0.6) is 11.5 Å². The minimum absolute atomic E-state index is 0.319. The van der Waals surface area contributed by atoms with Gasteiger partial charge >= 0.3 is 0 Å². The third-order valence-electron chi connectivity index (χ3n) is 4.16. The van der Waals surface area contributed by atoms with Gasteiger partial charge < -0.3 is 15.2 Å². The van der Waals surface area contributed by atoms with Gasteiger partial charge in [-0.1, -0.05) is 24.3 Å². The summed E-state index contributed by atoms with van der Waals surface area (Å²) >= 11 is 0. The van der Waals surface area contributed by atoms with Crippen molar-refractivity contribution < 1.29 is 19.1 Å². The van der Waals surface area contributed by atoms with E-state index in [0.29, 0.717) is 29.2 Å². The highest BCUT2D eigenvalue weighted by atomic mass is 16.5. The van der Waals surface area contributed by atoms with Gasteiger partial charge in [0.15, 0.2) is 11.5 Å². The molecule has 1 aliphatic rings. The lowest BCUT2D eigenvalue weighted by Gasteiger charge is -2.24. The molecular formula is C18H18N2O4. The molecule has 3 rings (SSSR count). The van der Waals surface area contributed by atoms with E-state index < -0.39 is 11.9 Å². The Labute approximate surface area is 139 Å². The maximum Gasteiger partial charge on any atom is 0.262 e. The zero-order valence-corrected chi connectivity index (χ0v) is 13.5. The Balaban J connectivity index is 2.10. The zero-order valence-electron chi connectivity index (χ0n) is 13.5. The van der Waals surface area contributed by atoms with Crippen LogP contribution in [0.3, 0.4) is 0 Å².